The van der Waals surface area contributed by atoms with Crippen LogP contribution in [0.2, 0.25) is 0 Å². The summed E-state index contributed by atoms with van der Waals surface area (Å²) in [5.74, 6) is -0.114. The molecule has 1 aromatic carbocycles. The van der Waals surface area contributed by atoms with E-state index in [9.17, 15) is 9.59 Å². The predicted molar refractivity (Wildman–Crippen MR) is 81.6 cm³/mol. The lowest BCUT2D eigenvalue weighted by Crippen LogP contribution is -2.38. The molecule has 0 bridgehead atoms. The summed E-state index contributed by atoms with van der Waals surface area (Å²) in [6, 6.07) is 5.17. The van der Waals surface area contributed by atoms with Gasteiger partial charge in [0.1, 0.15) is 0 Å². The first-order chi connectivity index (χ1) is 8.90. The van der Waals surface area contributed by atoms with Crippen molar-refractivity contribution >= 4 is 40.4 Å². The van der Waals surface area contributed by atoms with Gasteiger partial charge in [-0.1, -0.05) is 13.8 Å². The molecule has 2 amide bonds. The molecule has 19 heavy (non-hydrogen) atoms. The van der Waals surface area contributed by atoms with Gasteiger partial charge in [0.25, 0.3) is 5.91 Å². The summed E-state index contributed by atoms with van der Waals surface area (Å²) in [7, 11) is 0. The second-order valence-corrected chi connectivity index (χ2v) is 5.92. The first kappa shape index (κ1) is 16.0. The highest BCUT2D eigenvalue weighted by Crippen LogP contribution is 2.19. The fourth-order valence-corrected chi connectivity index (χ4v) is 1.95. The minimum atomic E-state index is -0.303. The molecule has 0 unspecified atom stereocenters. The van der Waals surface area contributed by atoms with Crippen LogP contribution in [0.1, 0.15) is 24.2 Å². The molecule has 0 saturated heterocycles. The molecule has 0 spiro atoms. The minimum absolute atomic E-state index is 0.0329. The van der Waals surface area contributed by atoms with E-state index < -0.39 is 0 Å². The van der Waals surface area contributed by atoms with E-state index in [0.29, 0.717) is 27.4 Å². The van der Waals surface area contributed by atoms with Gasteiger partial charge in [-0.25, -0.2) is 0 Å². The Hall–Kier alpha value is -1.01. The van der Waals surface area contributed by atoms with Crippen molar-refractivity contribution in [1.82, 2.24) is 10.6 Å². The van der Waals surface area contributed by atoms with Gasteiger partial charge in [0.05, 0.1) is 12.1 Å². The Morgan fingerprint density at radius 1 is 1.32 bits per heavy atom. The number of halogens is 1. The van der Waals surface area contributed by atoms with Crippen LogP contribution < -0.4 is 10.6 Å². The third kappa shape index (κ3) is 5.65. The summed E-state index contributed by atoms with van der Waals surface area (Å²) in [6.07, 6.45) is 0. The fourth-order valence-electron chi connectivity index (χ4n) is 1.32. The second-order valence-electron chi connectivity index (χ2n) is 4.54. The molecule has 0 aliphatic rings. The maximum Gasteiger partial charge on any atom is 0.252 e. The van der Waals surface area contributed by atoms with Gasteiger partial charge in [0, 0.05) is 15.9 Å². The van der Waals surface area contributed by atoms with Crippen LogP contribution in [0.25, 0.3) is 0 Å². The molecule has 0 aliphatic carbocycles. The molecule has 2 N–H and O–H groups in total. The highest BCUT2D eigenvalue weighted by Gasteiger charge is 2.11. The summed E-state index contributed by atoms with van der Waals surface area (Å²) in [5.41, 5.74) is 0.462. The highest BCUT2D eigenvalue weighted by atomic mass is 79.9. The van der Waals surface area contributed by atoms with Crippen LogP contribution in [-0.4, -0.2) is 24.9 Å². The van der Waals surface area contributed by atoms with Crippen molar-refractivity contribution in [3.05, 3.63) is 28.2 Å². The van der Waals surface area contributed by atoms with Gasteiger partial charge < -0.3 is 10.6 Å². The number of benzene rings is 1. The zero-order chi connectivity index (χ0) is 14.4. The molecule has 1 aromatic rings. The van der Waals surface area contributed by atoms with Gasteiger partial charge in [-0.05, 0) is 40.0 Å². The summed E-state index contributed by atoms with van der Waals surface area (Å²) in [5, 5.41) is 5.31. The van der Waals surface area contributed by atoms with Crippen molar-refractivity contribution in [1.29, 1.82) is 0 Å². The SMILES string of the molecule is CC(C)CNC(=O)CNC(=O)c1cc(S)ccc1Br. The molecule has 4 nitrogen and oxygen atoms in total. The molecular weight excluding hydrogens is 328 g/mol. The number of carbonyl (C=O) groups excluding carboxylic acids is 2. The molecule has 0 aromatic heterocycles. The Morgan fingerprint density at radius 3 is 2.63 bits per heavy atom. The molecule has 104 valence electrons. The van der Waals surface area contributed by atoms with Gasteiger partial charge in [-0.3, -0.25) is 9.59 Å². The zero-order valence-electron chi connectivity index (χ0n) is 10.9. The van der Waals surface area contributed by atoms with Crippen LogP contribution in [0.5, 0.6) is 0 Å². The molecule has 0 aliphatic heterocycles. The Balaban J connectivity index is 2.51. The van der Waals surface area contributed by atoms with E-state index in [1.54, 1.807) is 18.2 Å². The summed E-state index contributed by atoms with van der Waals surface area (Å²) in [4.78, 5) is 24.1. The average Bonchev–Trinajstić information content (AvgIpc) is 2.36. The van der Waals surface area contributed by atoms with Crippen molar-refractivity contribution < 1.29 is 9.59 Å². The number of hydrogen-bond acceptors (Lipinski definition) is 3. The molecule has 0 fully saturated rings. The number of amides is 2. The van der Waals surface area contributed by atoms with E-state index >= 15 is 0 Å². The minimum Gasteiger partial charge on any atom is -0.354 e. The monoisotopic (exact) mass is 344 g/mol. The third-order valence-electron chi connectivity index (χ3n) is 2.31. The number of rotatable bonds is 5. The second kappa shape index (κ2) is 7.55. The normalized spacial score (nSPS) is 10.4. The van der Waals surface area contributed by atoms with Crippen LogP contribution >= 0.6 is 28.6 Å². The number of nitrogens with one attached hydrogen (secondary N) is 2. The first-order valence-electron chi connectivity index (χ1n) is 5.93. The largest absolute Gasteiger partial charge is 0.354 e. The Labute approximate surface area is 126 Å². The van der Waals surface area contributed by atoms with Crippen molar-refractivity contribution in [2.45, 2.75) is 18.7 Å². The lowest BCUT2D eigenvalue weighted by molar-refractivity contribution is -0.120. The molecule has 6 heteroatoms. The highest BCUT2D eigenvalue weighted by molar-refractivity contribution is 9.10. The Kier molecular flexibility index (Phi) is 6.37. The zero-order valence-corrected chi connectivity index (χ0v) is 13.3. The van der Waals surface area contributed by atoms with E-state index in [1.165, 1.54) is 0 Å². The van der Waals surface area contributed by atoms with Gasteiger partial charge in [0.15, 0.2) is 0 Å². The van der Waals surface area contributed by atoms with Crippen LogP contribution in [0.4, 0.5) is 0 Å². The van der Waals surface area contributed by atoms with Crippen molar-refractivity contribution in [2.24, 2.45) is 5.92 Å². The molecule has 0 saturated carbocycles. The quantitative estimate of drug-likeness (QED) is 0.717. The maximum atomic E-state index is 11.9. The summed E-state index contributed by atoms with van der Waals surface area (Å²) in [6.45, 7) is 4.58. The molecule has 1 rings (SSSR count). The Morgan fingerprint density at radius 2 is 2.00 bits per heavy atom. The lowest BCUT2D eigenvalue weighted by Gasteiger charge is -2.09. The first-order valence-corrected chi connectivity index (χ1v) is 7.17. The number of thiol groups is 1. The van der Waals surface area contributed by atoms with Gasteiger partial charge in [0.2, 0.25) is 5.91 Å². The Bertz CT molecular complexity index is 478. The van der Waals surface area contributed by atoms with Gasteiger partial charge in [-0.15, -0.1) is 12.6 Å². The number of carbonyl (C=O) groups is 2. The van der Waals surface area contributed by atoms with Crippen molar-refractivity contribution in [3.8, 4) is 0 Å². The predicted octanol–water partition coefficient (Wildman–Crippen LogP) is 2.24. The van der Waals surface area contributed by atoms with E-state index in [4.69, 9.17) is 0 Å². The van der Waals surface area contributed by atoms with E-state index in [2.05, 4.69) is 39.2 Å². The molecule has 0 heterocycles. The smallest absolute Gasteiger partial charge is 0.252 e. The van der Waals surface area contributed by atoms with Crippen LogP contribution in [0.3, 0.4) is 0 Å². The van der Waals surface area contributed by atoms with Crippen LogP contribution in [-0.2, 0) is 4.79 Å². The summed E-state index contributed by atoms with van der Waals surface area (Å²) >= 11 is 7.47. The van der Waals surface area contributed by atoms with Crippen molar-refractivity contribution in [3.63, 3.8) is 0 Å². The van der Waals surface area contributed by atoms with Crippen molar-refractivity contribution in [2.75, 3.05) is 13.1 Å². The van der Waals surface area contributed by atoms with E-state index in [-0.39, 0.29) is 18.4 Å². The maximum absolute atomic E-state index is 11.9. The fraction of sp³-hybridized carbons (Fsp3) is 0.385. The van der Waals surface area contributed by atoms with Crippen LogP contribution in [0.15, 0.2) is 27.6 Å². The summed E-state index contributed by atoms with van der Waals surface area (Å²) < 4.78 is 0.672. The third-order valence-corrected chi connectivity index (χ3v) is 3.28. The van der Waals surface area contributed by atoms with Gasteiger partial charge in [-0.2, -0.15) is 0 Å². The lowest BCUT2D eigenvalue weighted by atomic mass is 10.2. The topological polar surface area (TPSA) is 58.2 Å². The van der Waals surface area contributed by atoms with E-state index in [0.717, 1.165) is 0 Å². The number of hydrogen-bond donors (Lipinski definition) is 3. The molecule has 0 atom stereocenters. The molecule has 0 radical (unpaired) electrons. The van der Waals surface area contributed by atoms with Gasteiger partial charge >= 0.3 is 0 Å². The molecular formula is C13H17BrN2O2S. The standard InChI is InChI=1S/C13H17BrN2O2S/c1-8(2)6-15-12(17)7-16-13(18)10-5-9(19)3-4-11(10)14/h3-5,8,19H,6-7H2,1-2H3,(H,15,17)(H,16,18). The average molecular weight is 345 g/mol. The van der Waals surface area contributed by atoms with Crippen LogP contribution in [0, 0.1) is 5.92 Å². The van der Waals surface area contributed by atoms with E-state index in [1.807, 2.05) is 13.8 Å².